The van der Waals surface area contributed by atoms with Crippen LogP contribution in [0.4, 0.5) is 10.3 Å². The molecule has 0 aliphatic carbocycles. The van der Waals surface area contributed by atoms with E-state index in [4.69, 9.17) is 11.0 Å². The molecule has 0 radical (unpaired) electrons. The highest BCUT2D eigenvalue weighted by atomic mass is 19.1. The minimum absolute atomic E-state index is 0.0676. The Morgan fingerprint density at radius 1 is 1.26 bits per heavy atom. The number of benzene rings is 1. The summed E-state index contributed by atoms with van der Waals surface area (Å²) < 4.78 is 15.2. The summed E-state index contributed by atoms with van der Waals surface area (Å²) in [5.74, 6) is -0.350. The number of fused-ring (bicyclic) bond motifs is 1. The first-order valence-electron chi connectivity index (χ1n) is 5.49. The van der Waals surface area contributed by atoms with Crippen LogP contribution in [0.1, 0.15) is 5.56 Å². The number of nitrogens with zero attached hydrogens (tertiary/aromatic N) is 4. The first kappa shape index (κ1) is 11.2. The lowest BCUT2D eigenvalue weighted by Crippen LogP contribution is -2.01. The van der Waals surface area contributed by atoms with Gasteiger partial charge in [-0.15, -0.1) is 5.10 Å². The summed E-state index contributed by atoms with van der Waals surface area (Å²) in [4.78, 5) is 3.77. The van der Waals surface area contributed by atoms with Crippen LogP contribution in [-0.2, 0) is 0 Å². The zero-order valence-electron chi connectivity index (χ0n) is 9.71. The maximum Gasteiger partial charge on any atom is 0.238 e. The summed E-state index contributed by atoms with van der Waals surface area (Å²) in [6.45, 7) is 0. The molecule has 0 unspecified atom stereocenters. The van der Waals surface area contributed by atoms with Gasteiger partial charge in [0.15, 0.2) is 5.82 Å². The van der Waals surface area contributed by atoms with Gasteiger partial charge in [-0.1, -0.05) is 12.1 Å². The maximum atomic E-state index is 13.8. The Hall–Kier alpha value is -2.94. The fraction of sp³-hybridized carbons (Fsp3) is 0. The van der Waals surface area contributed by atoms with Crippen molar-refractivity contribution < 1.29 is 4.39 Å². The molecular formula is C13H8FN5. The Kier molecular flexibility index (Phi) is 2.39. The first-order chi connectivity index (χ1) is 9.19. The van der Waals surface area contributed by atoms with Crippen LogP contribution in [0.3, 0.4) is 0 Å². The van der Waals surface area contributed by atoms with Crippen molar-refractivity contribution in [1.29, 1.82) is 5.26 Å². The van der Waals surface area contributed by atoms with Crippen molar-refractivity contribution in [1.82, 2.24) is 14.6 Å². The summed E-state index contributed by atoms with van der Waals surface area (Å²) in [5, 5.41) is 12.8. The van der Waals surface area contributed by atoms with Gasteiger partial charge in [-0.2, -0.15) is 5.26 Å². The highest BCUT2D eigenvalue weighted by Crippen LogP contribution is 2.24. The van der Waals surface area contributed by atoms with Crippen LogP contribution in [0.25, 0.3) is 16.8 Å². The molecule has 0 saturated heterocycles. The summed E-state index contributed by atoms with van der Waals surface area (Å²) in [7, 11) is 0. The highest BCUT2D eigenvalue weighted by molar-refractivity contribution is 5.67. The van der Waals surface area contributed by atoms with Crippen LogP contribution < -0.4 is 5.73 Å². The number of nitriles is 1. The van der Waals surface area contributed by atoms with E-state index < -0.39 is 5.82 Å². The second-order valence-electron chi connectivity index (χ2n) is 3.98. The minimum atomic E-state index is -0.417. The number of hydrogen-bond donors (Lipinski definition) is 1. The molecule has 0 amide bonds. The van der Waals surface area contributed by atoms with Crippen molar-refractivity contribution in [3.05, 3.63) is 47.9 Å². The molecule has 2 N–H and O–H groups in total. The second-order valence-corrected chi connectivity index (χ2v) is 3.98. The molecule has 0 fully saturated rings. The van der Waals surface area contributed by atoms with Gasteiger partial charge in [-0.05, 0) is 12.1 Å². The monoisotopic (exact) mass is 253 g/mol. The van der Waals surface area contributed by atoms with Gasteiger partial charge in [0.25, 0.3) is 0 Å². The standard InChI is InChI=1S/C13H8FN5/c14-10-5-11(9-3-1-8(6-15)2-4-9)19-12(10)7-17-13(16)18-19/h1-5,7H,(H2,16,18). The predicted molar refractivity (Wildman–Crippen MR) is 67.5 cm³/mol. The van der Waals surface area contributed by atoms with Gasteiger partial charge in [0.05, 0.1) is 23.5 Å². The Balaban J connectivity index is 2.24. The number of nitrogens with two attached hydrogens (primary N) is 1. The van der Waals surface area contributed by atoms with E-state index in [9.17, 15) is 4.39 Å². The molecule has 0 aliphatic rings. The number of hydrogen-bond acceptors (Lipinski definition) is 4. The normalized spacial score (nSPS) is 10.5. The molecular weight excluding hydrogens is 245 g/mol. The smallest absolute Gasteiger partial charge is 0.238 e. The number of halogens is 1. The fourth-order valence-electron chi connectivity index (χ4n) is 1.89. The van der Waals surface area contributed by atoms with Crippen LogP contribution in [0.2, 0.25) is 0 Å². The van der Waals surface area contributed by atoms with Crippen molar-refractivity contribution in [2.24, 2.45) is 0 Å². The van der Waals surface area contributed by atoms with Crippen molar-refractivity contribution in [2.75, 3.05) is 5.73 Å². The number of aromatic nitrogens is 3. The van der Waals surface area contributed by atoms with Gasteiger partial charge in [0.1, 0.15) is 5.52 Å². The topological polar surface area (TPSA) is 80.0 Å². The first-order valence-corrected chi connectivity index (χ1v) is 5.49. The quantitative estimate of drug-likeness (QED) is 0.719. The molecule has 1 aromatic carbocycles. The molecule has 5 nitrogen and oxygen atoms in total. The lowest BCUT2D eigenvalue weighted by molar-refractivity contribution is 0.638. The second kappa shape index (κ2) is 4.07. The molecule has 2 aromatic heterocycles. The third-order valence-electron chi connectivity index (χ3n) is 2.80. The largest absolute Gasteiger partial charge is 0.367 e. The summed E-state index contributed by atoms with van der Waals surface area (Å²) >= 11 is 0. The average molecular weight is 253 g/mol. The van der Waals surface area contributed by atoms with Gasteiger partial charge in [0, 0.05) is 11.6 Å². The van der Waals surface area contributed by atoms with Crippen LogP contribution >= 0.6 is 0 Å². The molecule has 19 heavy (non-hydrogen) atoms. The Morgan fingerprint density at radius 2 is 2.00 bits per heavy atom. The molecule has 0 aliphatic heterocycles. The van der Waals surface area contributed by atoms with Crippen molar-refractivity contribution in [2.45, 2.75) is 0 Å². The lowest BCUT2D eigenvalue weighted by atomic mass is 10.1. The number of rotatable bonds is 1. The van der Waals surface area contributed by atoms with E-state index in [1.165, 1.54) is 16.8 Å². The highest BCUT2D eigenvalue weighted by Gasteiger charge is 2.12. The summed E-state index contributed by atoms with van der Waals surface area (Å²) in [6.07, 6.45) is 1.34. The maximum absolute atomic E-state index is 13.8. The van der Waals surface area contributed by atoms with Gasteiger partial charge in [0.2, 0.25) is 5.95 Å². The average Bonchev–Trinajstić information content (AvgIpc) is 2.75. The molecule has 0 spiro atoms. The van der Waals surface area contributed by atoms with Crippen molar-refractivity contribution >= 4 is 11.5 Å². The SMILES string of the molecule is N#Cc1ccc(-c2cc(F)c3cnc(N)nn23)cc1. The van der Waals surface area contributed by atoms with E-state index >= 15 is 0 Å². The predicted octanol–water partition coefficient (Wildman–Crippen LogP) is 1.99. The van der Waals surface area contributed by atoms with E-state index in [1.54, 1.807) is 24.3 Å². The molecule has 0 bridgehead atoms. The summed E-state index contributed by atoms with van der Waals surface area (Å²) in [6, 6.07) is 10.2. The summed E-state index contributed by atoms with van der Waals surface area (Å²) in [5.41, 5.74) is 7.62. The van der Waals surface area contributed by atoms with Gasteiger partial charge in [-0.3, -0.25) is 0 Å². The molecule has 3 rings (SSSR count). The minimum Gasteiger partial charge on any atom is -0.367 e. The van der Waals surface area contributed by atoms with Crippen LogP contribution in [0.5, 0.6) is 0 Å². The van der Waals surface area contributed by atoms with E-state index in [0.29, 0.717) is 11.3 Å². The molecule has 0 atom stereocenters. The van der Waals surface area contributed by atoms with E-state index in [2.05, 4.69) is 10.1 Å². The van der Waals surface area contributed by atoms with Crippen LogP contribution in [0, 0.1) is 17.1 Å². The zero-order chi connectivity index (χ0) is 13.4. The third-order valence-corrected chi connectivity index (χ3v) is 2.80. The van der Waals surface area contributed by atoms with Crippen molar-refractivity contribution in [3.63, 3.8) is 0 Å². The van der Waals surface area contributed by atoms with Crippen LogP contribution in [-0.4, -0.2) is 14.6 Å². The van der Waals surface area contributed by atoms with E-state index in [-0.39, 0.29) is 11.5 Å². The molecule has 2 heterocycles. The lowest BCUT2D eigenvalue weighted by Gasteiger charge is -2.02. The Labute approximate surface area is 107 Å². The van der Waals surface area contributed by atoms with Crippen molar-refractivity contribution in [3.8, 4) is 17.3 Å². The van der Waals surface area contributed by atoms with E-state index in [0.717, 1.165) is 5.56 Å². The number of nitrogen functional groups attached to an aromatic ring is 1. The Morgan fingerprint density at radius 3 is 2.68 bits per heavy atom. The fourth-order valence-corrected chi connectivity index (χ4v) is 1.89. The molecule has 0 saturated carbocycles. The third kappa shape index (κ3) is 1.77. The molecule has 6 heteroatoms. The van der Waals surface area contributed by atoms with Gasteiger partial charge < -0.3 is 5.73 Å². The van der Waals surface area contributed by atoms with Gasteiger partial charge in [-0.25, -0.2) is 13.9 Å². The zero-order valence-corrected chi connectivity index (χ0v) is 9.71. The Bertz CT molecular complexity index is 798. The van der Waals surface area contributed by atoms with E-state index in [1.807, 2.05) is 6.07 Å². The van der Waals surface area contributed by atoms with Gasteiger partial charge >= 0.3 is 0 Å². The molecule has 92 valence electrons. The molecule has 3 aromatic rings. The van der Waals surface area contributed by atoms with Crippen LogP contribution in [0.15, 0.2) is 36.5 Å². The number of anilines is 1.